The summed E-state index contributed by atoms with van der Waals surface area (Å²) in [7, 11) is 1.88. The number of nitrogen functional groups attached to an aromatic ring is 1. The van der Waals surface area contributed by atoms with Crippen molar-refractivity contribution in [3.8, 4) is 0 Å². The number of ketones is 1. The number of carbonyl (C=O) groups excluding carboxylic acids is 1. The largest absolute Gasteiger partial charge is 0.398 e. The first-order chi connectivity index (χ1) is 8.56. The summed E-state index contributed by atoms with van der Waals surface area (Å²) < 4.78 is 1.75. The van der Waals surface area contributed by atoms with Crippen LogP contribution < -0.4 is 11.1 Å². The van der Waals surface area contributed by atoms with Crippen LogP contribution >= 0.6 is 0 Å². The molecule has 0 amide bonds. The van der Waals surface area contributed by atoms with Gasteiger partial charge < -0.3 is 11.1 Å². The lowest BCUT2D eigenvalue weighted by molar-refractivity contribution is 0.101. The van der Waals surface area contributed by atoms with Crippen LogP contribution in [0.15, 0.2) is 30.6 Å². The van der Waals surface area contributed by atoms with Gasteiger partial charge in [0.2, 0.25) is 0 Å². The van der Waals surface area contributed by atoms with Crippen LogP contribution in [0.2, 0.25) is 0 Å². The van der Waals surface area contributed by atoms with Crippen LogP contribution in [0, 0.1) is 0 Å². The standard InChI is InChI=1S/C13H16N4O/c1-9(18)12-4-3-11(5-13(12)14)15-6-10-7-16-17(2)8-10/h3-5,7-8,15H,6,14H2,1-2H3. The first-order valence-corrected chi connectivity index (χ1v) is 5.68. The SMILES string of the molecule is CC(=O)c1ccc(NCc2cnn(C)c2)cc1N. The van der Waals surface area contributed by atoms with Crippen molar-refractivity contribution >= 4 is 17.2 Å². The van der Waals surface area contributed by atoms with Crippen molar-refractivity contribution in [2.75, 3.05) is 11.1 Å². The average Bonchev–Trinajstić information content (AvgIpc) is 2.72. The second-order valence-corrected chi connectivity index (χ2v) is 4.23. The summed E-state index contributed by atoms with van der Waals surface area (Å²) in [5.74, 6) is -0.0219. The molecule has 0 saturated carbocycles. The zero-order valence-corrected chi connectivity index (χ0v) is 10.5. The van der Waals surface area contributed by atoms with Crippen LogP contribution in [0.25, 0.3) is 0 Å². The number of anilines is 2. The highest BCUT2D eigenvalue weighted by molar-refractivity contribution is 5.99. The van der Waals surface area contributed by atoms with Gasteiger partial charge in [0.15, 0.2) is 5.78 Å². The third-order valence-electron chi connectivity index (χ3n) is 2.69. The average molecular weight is 244 g/mol. The number of hydrogen-bond acceptors (Lipinski definition) is 4. The number of nitrogens with two attached hydrogens (primary N) is 1. The molecular weight excluding hydrogens is 228 g/mol. The Bertz CT molecular complexity index is 574. The molecule has 1 aromatic carbocycles. The second kappa shape index (κ2) is 4.91. The van der Waals surface area contributed by atoms with Crippen LogP contribution in [-0.2, 0) is 13.6 Å². The minimum atomic E-state index is -0.0219. The van der Waals surface area contributed by atoms with Gasteiger partial charge >= 0.3 is 0 Å². The number of carbonyl (C=O) groups is 1. The van der Waals surface area contributed by atoms with Crippen LogP contribution in [0.1, 0.15) is 22.8 Å². The minimum absolute atomic E-state index is 0.0219. The summed E-state index contributed by atoms with van der Waals surface area (Å²) >= 11 is 0. The van der Waals surface area contributed by atoms with Gasteiger partial charge in [-0.2, -0.15) is 5.10 Å². The van der Waals surface area contributed by atoms with Gasteiger partial charge in [-0.25, -0.2) is 0 Å². The zero-order valence-electron chi connectivity index (χ0n) is 10.5. The van der Waals surface area contributed by atoms with Crippen LogP contribution in [0.5, 0.6) is 0 Å². The molecule has 18 heavy (non-hydrogen) atoms. The molecule has 0 spiro atoms. The number of Topliss-reactive ketones (excluding diaryl/α,β-unsaturated/α-hetero) is 1. The lowest BCUT2D eigenvalue weighted by Gasteiger charge is -2.08. The molecule has 1 aromatic heterocycles. The maximum Gasteiger partial charge on any atom is 0.161 e. The van der Waals surface area contributed by atoms with E-state index >= 15 is 0 Å². The van der Waals surface area contributed by atoms with Gasteiger partial charge in [0.1, 0.15) is 0 Å². The Morgan fingerprint density at radius 3 is 2.83 bits per heavy atom. The van der Waals surface area contributed by atoms with Gasteiger partial charge in [0.05, 0.1) is 6.20 Å². The van der Waals surface area contributed by atoms with E-state index < -0.39 is 0 Å². The number of rotatable bonds is 4. The van der Waals surface area contributed by atoms with E-state index in [4.69, 9.17) is 5.73 Å². The van der Waals surface area contributed by atoms with E-state index in [0.717, 1.165) is 11.3 Å². The number of aryl methyl sites for hydroxylation is 1. The minimum Gasteiger partial charge on any atom is -0.398 e. The third kappa shape index (κ3) is 2.68. The number of hydrogen-bond donors (Lipinski definition) is 2. The molecule has 2 rings (SSSR count). The number of nitrogens with one attached hydrogen (secondary N) is 1. The third-order valence-corrected chi connectivity index (χ3v) is 2.69. The topological polar surface area (TPSA) is 72.9 Å². The molecule has 0 aliphatic carbocycles. The zero-order chi connectivity index (χ0) is 13.1. The Kier molecular flexibility index (Phi) is 3.32. The first-order valence-electron chi connectivity index (χ1n) is 5.68. The van der Waals surface area contributed by atoms with E-state index in [1.54, 1.807) is 23.0 Å². The summed E-state index contributed by atoms with van der Waals surface area (Å²) in [6, 6.07) is 5.36. The molecule has 1 heterocycles. The molecule has 0 fully saturated rings. The molecule has 0 bridgehead atoms. The highest BCUT2D eigenvalue weighted by Crippen LogP contribution is 2.19. The van der Waals surface area contributed by atoms with E-state index in [0.29, 0.717) is 17.8 Å². The maximum absolute atomic E-state index is 11.2. The predicted octanol–water partition coefficient (Wildman–Crippen LogP) is 1.82. The number of aromatic nitrogens is 2. The van der Waals surface area contributed by atoms with Gasteiger partial charge in [-0.15, -0.1) is 0 Å². The molecule has 0 aliphatic heterocycles. The highest BCUT2D eigenvalue weighted by atomic mass is 16.1. The Balaban J connectivity index is 2.06. The number of nitrogens with zero attached hydrogens (tertiary/aromatic N) is 2. The highest BCUT2D eigenvalue weighted by Gasteiger charge is 2.05. The normalized spacial score (nSPS) is 10.3. The quantitative estimate of drug-likeness (QED) is 0.635. The Morgan fingerprint density at radius 1 is 1.50 bits per heavy atom. The fourth-order valence-corrected chi connectivity index (χ4v) is 1.76. The van der Waals surface area contributed by atoms with E-state index in [2.05, 4.69) is 10.4 Å². The summed E-state index contributed by atoms with van der Waals surface area (Å²) in [5, 5.41) is 7.33. The van der Waals surface area contributed by atoms with Gasteiger partial charge in [-0.05, 0) is 25.1 Å². The molecule has 0 atom stereocenters. The van der Waals surface area contributed by atoms with Crippen molar-refractivity contribution in [3.05, 3.63) is 41.7 Å². The molecule has 5 nitrogen and oxygen atoms in total. The van der Waals surface area contributed by atoms with Gasteiger partial charge in [-0.3, -0.25) is 9.48 Å². The van der Waals surface area contributed by atoms with Crippen molar-refractivity contribution < 1.29 is 4.79 Å². The predicted molar refractivity (Wildman–Crippen MR) is 71.4 cm³/mol. The summed E-state index contributed by atoms with van der Waals surface area (Å²) in [6.45, 7) is 2.18. The van der Waals surface area contributed by atoms with Crippen LogP contribution in [0.3, 0.4) is 0 Å². The monoisotopic (exact) mass is 244 g/mol. The molecular formula is C13H16N4O. The Labute approximate surface area is 106 Å². The van der Waals surface area contributed by atoms with E-state index in [1.807, 2.05) is 19.3 Å². The maximum atomic E-state index is 11.2. The summed E-state index contributed by atoms with van der Waals surface area (Å²) in [5.41, 5.74) is 8.85. The first kappa shape index (κ1) is 12.2. The molecule has 0 saturated heterocycles. The lowest BCUT2D eigenvalue weighted by Crippen LogP contribution is -2.03. The fraction of sp³-hybridized carbons (Fsp3) is 0.231. The summed E-state index contributed by atoms with van der Waals surface area (Å²) in [6.07, 6.45) is 3.75. The smallest absolute Gasteiger partial charge is 0.161 e. The van der Waals surface area contributed by atoms with Crippen LogP contribution in [-0.4, -0.2) is 15.6 Å². The molecule has 94 valence electrons. The number of benzene rings is 1. The van der Waals surface area contributed by atoms with E-state index in [9.17, 15) is 4.79 Å². The molecule has 2 aromatic rings. The van der Waals surface area contributed by atoms with Crippen LogP contribution in [0.4, 0.5) is 11.4 Å². The van der Waals surface area contributed by atoms with E-state index in [1.165, 1.54) is 6.92 Å². The molecule has 0 aliphatic rings. The van der Waals surface area contributed by atoms with Crippen molar-refractivity contribution in [2.24, 2.45) is 7.05 Å². The van der Waals surface area contributed by atoms with Crippen molar-refractivity contribution in [2.45, 2.75) is 13.5 Å². The second-order valence-electron chi connectivity index (χ2n) is 4.23. The van der Waals surface area contributed by atoms with Gasteiger partial charge in [-0.1, -0.05) is 0 Å². The summed E-state index contributed by atoms with van der Waals surface area (Å²) in [4.78, 5) is 11.2. The van der Waals surface area contributed by atoms with Crippen molar-refractivity contribution in [1.82, 2.24) is 9.78 Å². The Hall–Kier alpha value is -2.30. The molecule has 0 radical (unpaired) electrons. The van der Waals surface area contributed by atoms with Gasteiger partial charge in [0, 0.05) is 42.3 Å². The van der Waals surface area contributed by atoms with Crippen molar-refractivity contribution in [1.29, 1.82) is 0 Å². The Morgan fingerprint density at radius 2 is 2.28 bits per heavy atom. The molecule has 0 unspecified atom stereocenters. The molecule has 5 heteroatoms. The van der Waals surface area contributed by atoms with E-state index in [-0.39, 0.29) is 5.78 Å². The molecule has 3 N–H and O–H groups in total. The van der Waals surface area contributed by atoms with Crippen molar-refractivity contribution in [3.63, 3.8) is 0 Å². The van der Waals surface area contributed by atoms with Gasteiger partial charge in [0.25, 0.3) is 0 Å². The lowest BCUT2D eigenvalue weighted by atomic mass is 10.1. The fourth-order valence-electron chi connectivity index (χ4n) is 1.76.